The zero-order valence-electron chi connectivity index (χ0n) is 16.4. The average molecular weight is 381 g/mol. The number of rotatable bonds is 8. The van der Waals surface area contributed by atoms with Gasteiger partial charge >= 0.3 is 18.0 Å². The van der Waals surface area contributed by atoms with Gasteiger partial charge in [0.1, 0.15) is 5.69 Å². The largest absolute Gasteiger partial charge is 0.462 e. The van der Waals surface area contributed by atoms with E-state index in [2.05, 4.69) is 15.6 Å². The Hall–Kier alpha value is -2.84. The van der Waals surface area contributed by atoms with Crippen LogP contribution in [0.5, 0.6) is 0 Å². The lowest BCUT2D eigenvalue weighted by atomic mass is 10.1. The molecule has 0 aromatic carbocycles. The molecule has 0 aliphatic rings. The molecule has 1 rings (SSSR count). The van der Waals surface area contributed by atoms with Crippen LogP contribution in [0.25, 0.3) is 0 Å². The molecule has 150 valence electrons. The minimum atomic E-state index is -0.804. The van der Waals surface area contributed by atoms with Gasteiger partial charge in [0.15, 0.2) is 6.61 Å². The Morgan fingerprint density at radius 1 is 1.07 bits per heavy atom. The second-order valence-electron chi connectivity index (χ2n) is 6.41. The third-order valence-corrected chi connectivity index (χ3v) is 3.72. The van der Waals surface area contributed by atoms with Crippen LogP contribution >= 0.6 is 0 Å². The molecule has 9 heteroatoms. The lowest BCUT2D eigenvalue weighted by Crippen LogP contribution is -2.42. The van der Waals surface area contributed by atoms with E-state index >= 15 is 0 Å². The molecular weight excluding hydrogens is 354 g/mol. The van der Waals surface area contributed by atoms with Gasteiger partial charge < -0.3 is 19.8 Å². The molecule has 1 aromatic heterocycles. The van der Waals surface area contributed by atoms with Gasteiger partial charge in [-0.2, -0.15) is 0 Å². The number of aromatic amines is 1. The van der Waals surface area contributed by atoms with Crippen molar-refractivity contribution in [2.75, 3.05) is 19.8 Å². The first-order valence-electron chi connectivity index (χ1n) is 8.78. The highest BCUT2D eigenvalue weighted by molar-refractivity contribution is 6.00. The van der Waals surface area contributed by atoms with E-state index in [1.165, 1.54) is 0 Å². The van der Waals surface area contributed by atoms with Crippen molar-refractivity contribution >= 4 is 23.9 Å². The maximum absolute atomic E-state index is 12.2. The molecule has 0 saturated carbocycles. The number of esters is 2. The van der Waals surface area contributed by atoms with Gasteiger partial charge in [-0.15, -0.1) is 0 Å². The van der Waals surface area contributed by atoms with Crippen LogP contribution in [0.4, 0.5) is 4.79 Å². The van der Waals surface area contributed by atoms with Crippen molar-refractivity contribution in [2.24, 2.45) is 5.92 Å². The normalized spacial score (nSPS) is 10.4. The highest BCUT2D eigenvalue weighted by atomic mass is 16.5. The second kappa shape index (κ2) is 10.3. The van der Waals surface area contributed by atoms with Crippen molar-refractivity contribution < 1.29 is 28.7 Å². The summed E-state index contributed by atoms with van der Waals surface area (Å²) in [5, 5.41) is 4.62. The molecule has 0 aliphatic heterocycles. The zero-order valence-corrected chi connectivity index (χ0v) is 16.4. The molecule has 3 amide bonds. The van der Waals surface area contributed by atoms with E-state index in [-0.39, 0.29) is 17.9 Å². The topological polar surface area (TPSA) is 127 Å². The molecule has 0 aliphatic carbocycles. The first kappa shape index (κ1) is 22.2. The Kier molecular flexibility index (Phi) is 8.50. The van der Waals surface area contributed by atoms with Crippen molar-refractivity contribution in [1.82, 2.24) is 15.6 Å². The maximum Gasteiger partial charge on any atom is 0.355 e. The number of hydrogen-bond acceptors (Lipinski definition) is 6. The number of H-pyrrole nitrogens is 1. The van der Waals surface area contributed by atoms with Gasteiger partial charge in [0.25, 0.3) is 5.91 Å². The first-order chi connectivity index (χ1) is 12.7. The first-order valence-corrected chi connectivity index (χ1v) is 8.78. The van der Waals surface area contributed by atoms with Crippen LogP contribution in [-0.2, 0) is 14.3 Å². The van der Waals surface area contributed by atoms with E-state index in [1.54, 1.807) is 20.8 Å². The van der Waals surface area contributed by atoms with Gasteiger partial charge in [-0.1, -0.05) is 13.8 Å². The molecule has 0 unspecified atom stereocenters. The van der Waals surface area contributed by atoms with E-state index in [0.29, 0.717) is 23.7 Å². The van der Waals surface area contributed by atoms with Crippen LogP contribution < -0.4 is 10.6 Å². The van der Waals surface area contributed by atoms with Crippen molar-refractivity contribution in [1.29, 1.82) is 0 Å². The van der Waals surface area contributed by atoms with Gasteiger partial charge in [0.05, 0.1) is 12.2 Å². The summed E-state index contributed by atoms with van der Waals surface area (Å²) in [4.78, 5) is 50.1. The smallest absolute Gasteiger partial charge is 0.355 e. The quantitative estimate of drug-likeness (QED) is 0.590. The van der Waals surface area contributed by atoms with E-state index in [9.17, 15) is 19.2 Å². The number of aromatic nitrogens is 1. The number of amides is 3. The van der Waals surface area contributed by atoms with E-state index in [1.807, 2.05) is 13.8 Å². The number of nitrogens with one attached hydrogen (secondary N) is 3. The zero-order chi connectivity index (χ0) is 20.6. The highest BCUT2D eigenvalue weighted by Gasteiger charge is 2.24. The fourth-order valence-electron chi connectivity index (χ4n) is 2.35. The predicted octanol–water partition coefficient (Wildman–Crippen LogP) is 1.84. The standard InChI is InChI=1S/C18H27N3O6/c1-6-26-16(23)14-11(4)15(20-12(14)5)17(24)27-9-13(22)21-18(25)19-8-7-10(2)3/h10,20H,6-9H2,1-5H3,(H2,19,21,22,25). The summed E-state index contributed by atoms with van der Waals surface area (Å²) in [6.45, 7) is 8.95. The molecule has 3 N–H and O–H groups in total. The van der Waals surface area contributed by atoms with Gasteiger partial charge in [0.2, 0.25) is 0 Å². The van der Waals surface area contributed by atoms with Crippen LogP contribution in [0.1, 0.15) is 59.3 Å². The molecular formula is C18H27N3O6. The van der Waals surface area contributed by atoms with Crippen LogP contribution in [-0.4, -0.2) is 48.6 Å². The summed E-state index contributed by atoms with van der Waals surface area (Å²) in [5.41, 5.74) is 1.16. The fraction of sp³-hybridized carbons (Fsp3) is 0.556. The Morgan fingerprint density at radius 3 is 2.33 bits per heavy atom. The van der Waals surface area contributed by atoms with Crippen LogP contribution in [0.3, 0.4) is 0 Å². The Bertz CT molecular complexity index is 708. The molecule has 1 aromatic rings. The molecule has 1 heterocycles. The number of urea groups is 1. The maximum atomic E-state index is 12.2. The predicted molar refractivity (Wildman–Crippen MR) is 97.5 cm³/mol. The minimum Gasteiger partial charge on any atom is -0.462 e. The van der Waals surface area contributed by atoms with Gasteiger partial charge in [-0.25, -0.2) is 14.4 Å². The third-order valence-electron chi connectivity index (χ3n) is 3.72. The van der Waals surface area contributed by atoms with Gasteiger partial charge in [0, 0.05) is 12.2 Å². The number of carbonyl (C=O) groups is 4. The molecule has 0 radical (unpaired) electrons. The molecule has 0 saturated heterocycles. The third kappa shape index (κ3) is 6.76. The summed E-state index contributed by atoms with van der Waals surface area (Å²) in [6.07, 6.45) is 0.783. The van der Waals surface area contributed by atoms with Gasteiger partial charge in [-0.05, 0) is 38.7 Å². The molecule has 0 spiro atoms. The summed E-state index contributed by atoms with van der Waals surface area (Å²) < 4.78 is 9.86. The molecule has 27 heavy (non-hydrogen) atoms. The van der Waals surface area contributed by atoms with E-state index in [0.717, 1.165) is 6.42 Å². The summed E-state index contributed by atoms with van der Waals surface area (Å²) in [6, 6.07) is -0.645. The Balaban J connectivity index is 2.57. The SMILES string of the molecule is CCOC(=O)c1c(C)[nH]c(C(=O)OCC(=O)NC(=O)NCCC(C)C)c1C. The summed E-state index contributed by atoms with van der Waals surface area (Å²) in [5.74, 6) is -1.67. The average Bonchev–Trinajstić information content (AvgIpc) is 2.87. The van der Waals surface area contributed by atoms with Crippen LogP contribution in [0, 0.1) is 19.8 Å². The monoisotopic (exact) mass is 381 g/mol. The molecule has 0 bridgehead atoms. The van der Waals surface area contributed by atoms with Gasteiger partial charge in [-0.3, -0.25) is 10.1 Å². The second-order valence-corrected chi connectivity index (χ2v) is 6.41. The lowest BCUT2D eigenvalue weighted by molar-refractivity contribution is -0.123. The number of hydrogen-bond donors (Lipinski definition) is 3. The molecule has 9 nitrogen and oxygen atoms in total. The highest BCUT2D eigenvalue weighted by Crippen LogP contribution is 2.19. The number of aryl methyl sites for hydroxylation is 1. The number of imide groups is 1. The minimum absolute atomic E-state index is 0.0599. The van der Waals surface area contributed by atoms with Crippen molar-refractivity contribution in [3.63, 3.8) is 0 Å². The summed E-state index contributed by atoms with van der Waals surface area (Å²) in [7, 11) is 0. The molecule has 0 atom stereocenters. The summed E-state index contributed by atoms with van der Waals surface area (Å²) >= 11 is 0. The van der Waals surface area contributed by atoms with E-state index in [4.69, 9.17) is 9.47 Å². The number of ether oxygens (including phenoxy) is 2. The Morgan fingerprint density at radius 2 is 1.74 bits per heavy atom. The van der Waals surface area contributed by atoms with Crippen LogP contribution in [0.2, 0.25) is 0 Å². The van der Waals surface area contributed by atoms with Crippen molar-refractivity contribution in [2.45, 2.75) is 41.0 Å². The van der Waals surface area contributed by atoms with Crippen molar-refractivity contribution in [3.05, 3.63) is 22.5 Å². The number of carbonyl (C=O) groups excluding carboxylic acids is 4. The van der Waals surface area contributed by atoms with Crippen LogP contribution in [0.15, 0.2) is 0 Å². The Labute approximate surface area is 158 Å². The van der Waals surface area contributed by atoms with E-state index < -0.39 is 30.5 Å². The van der Waals surface area contributed by atoms with Crippen molar-refractivity contribution in [3.8, 4) is 0 Å². The molecule has 0 fully saturated rings. The fourth-order valence-corrected chi connectivity index (χ4v) is 2.35. The lowest BCUT2D eigenvalue weighted by Gasteiger charge is -2.08.